The summed E-state index contributed by atoms with van der Waals surface area (Å²) >= 11 is 0. The van der Waals surface area contributed by atoms with Gasteiger partial charge in [-0.2, -0.15) is 0 Å². The molecule has 2 amide bonds. The highest BCUT2D eigenvalue weighted by molar-refractivity contribution is 5.95. The van der Waals surface area contributed by atoms with Gasteiger partial charge in [-0.05, 0) is 24.2 Å². The van der Waals surface area contributed by atoms with Crippen molar-refractivity contribution in [1.29, 1.82) is 0 Å². The SMILES string of the molecule is CCC(C)C1NC(=O)CN(CC2(C)CCCC2)C1=O. The molecule has 1 saturated carbocycles. The average molecular weight is 266 g/mol. The van der Waals surface area contributed by atoms with Crippen molar-refractivity contribution in [2.75, 3.05) is 13.1 Å². The normalized spacial score (nSPS) is 28.4. The van der Waals surface area contributed by atoms with Gasteiger partial charge >= 0.3 is 0 Å². The molecule has 1 heterocycles. The van der Waals surface area contributed by atoms with Gasteiger partial charge in [0.2, 0.25) is 11.8 Å². The predicted octanol–water partition coefficient (Wildman–Crippen LogP) is 1.94. The van der Waals surface area contributed by atoms with E-state index in [2.05, 4.69) is 19.2 Å². The molecule has 1 saturated heterocycles. The number of rotatable bonds is 4. The van der Waals surface area contributed by atoms with Crippen LogP contribution in [0.3, 0.4) is 0 Å². The number of nitrogens with one attached hydrogen (secondary N) is 1. The quantitative estimate of drug-likeness (QED) is 0.845. The molecule has 2 unspecified atom stereocenters. The average Bonchev–Trinajstić information content (AvgIpc) is 2.79. The molecule has 2 aliphatic rings. The molecule has 4 heteroatoms. The molecule has 0 aromatic rings. The first-order valence-electron chi connectivity index (χ1n) is 7.53. The standard InChI is InChI=1S/C15H26N2O2/c1-4-11(2)13-14(19)17(9-12(18)16-13)10-15(3)7-5-6-8-15/h11,13H,4-10H2,1-3H3,(H,16,18). The lowest BCUT2D eigenvalue weighted by Gasteiger charge is -2.39. The van der Waals surface area contributed by atoms with Crippen molar-refractivity contribution < 1.29 is 9.59 Å². The highest BCUT2D eigenvalue weighted by atomic mass is 16.2. The van der Waals surface area contributed by atoms with Gasteiger partial charge in [-0.25, -0.2) is 0 Å². The van der Waals surface area contributed by atoms with Crippen LogP contribution in [0.25, 0.3) is 0 Å². The van der Waals surface area contributed by atoms with Crippen LogP contribution in [0.5, 0.6) is 0 Å². The lowest BCUT2D eigenvalue weighted by molar-refractivity contribution is -0.147. The Bertz CT molecular complexity index is 361. The first-order valence-corrected chi connectivity index (χ1v) is 7.53. The number of nitrogens with zero attached hydrogens (tertiary/aromatic N) is 1. The van der Waals surface area contributed by atoms with Crippen LogP contribution in [0.1, 0.15) is 52.9 Å². The molecule has 2 fully saturated rings. The summed E-state index contributed by atoms with van der Waals surface area (Å²) in [6.45, 7) is 7.32. The highest BCUT2D eigenvalue weighted by Crippen LogP contribution is 2.38. The van der Waals surface area contributed by atoms with E-state index in [1.54, 1.807) is 4.90 Å². The number of piperazine rings is 1. The minimum Gasteiger partial charge on any atom is -0.342 e. The molecule has 2 atom stereocenters. The molecule has 0 aromatic carbocycles. The predicted molar refractivity (Wildman–Crippen MR) is 74.5 cm³/mol. The Balaban J connectivity index is 2.06. The second-order valence-electron chi connectivity index (χ2n) is 6.64. The lowest BCUT2D eigenvalue weighted by atomic mass is 9.87. The van der Waals surface area contributed by atoms with Crippen LogP contribution in [-0.4, -0.2) is 35.8 Å². The molecule has 1 N–H and O–H groups in total. The van der Waals surface area contributed by atoms with E-state index in [9.17, 15) is 9.59 Å². The maximum Gasteiger partial charge on any atom is 0.245 e. The van der Waals surface area contributed by atoms with E-state index in [0.717, 1.165) is 13.0 Å². The van der Waals surface area contributed by atoms with Crippen LogP contribution >= 0.6 is 0 Å². The molecule has 19 heavy (non-hydrogen) atoms. The van der Waals surface area contributed by atoms with Gasteiger partial charge in [0.25, 0.3) is 0 Å². The molecule has 4 nitrogen and oxygen atoms in total. The molecular formula is C15H26N2O2. The Morgan fingerprint density at radius 1 is 1.37 bits per heavy atom. The van der Waals surface area contributed by atoms with E-state index in [1.165, 1.54) is 25.7 Å². The Morgan fingerprint density at radius 2 is 2.00 bits per heavy atom. The Labute approximate surface area is 115 Å². The van der Waals surface area contributed by atoms with E-state index >= 15 is 0 Å². The number of carbonyl (C=O) groups excluding carboxylic acids is 2. The maximum atomic E-state index is 12.5. The van der Waals surface area contributed by atoms with Crippen molar-refractivity contribution in [2.24, 2.45) is 11.3 Å². The van der Waals surface area contributed by atoms with Gasteiger partial charge in [0.1, 0.15) is 6.04 Å². The summed E-state index contributed by atoms with van der Waals surface area (Å²) in [6, 6.07) is -0.323. The monoisotopic (exact) mass is 266 g/mol. The van der Waals surface area contributed by atoms with Crippen molar-refractivity contribution in [3.8, 4) is 0 Å². The van der Waals surface area contributed by atoms with Crippen molar-refractivity contribution >= 4 is 11.8 Å². The molecule has 0 radical (unpaired) electrons. The second kappa shape index (κ2) is 5.51. The summed E-state index contributed by atoms with van der Waals surface area (Å²) in [6.07, 6.45) is 5.75. The molecule has 2 rings (SSSR count). The summed E-state index contributed by atoms with van der Waals surface area (Å²) < 4.78 is 0. The zero-order valence-corrected chi connectivity index (χ0v) is 12.4. The van der Waals surface area contributed by atoms with E-state index < -0.39 is 0 Å². The molecule has 1 aliphatic heterocycles. The number of hydrogen-bond acceptors (Lipinski definition) is 2. The molecule has 0 bridgehead atoms. The zero-order chi connectivity index (χ0) is 14.0. The Morgan fingerprint density at radius 3 is 2.58 bits per heavy atom. The van der Waals surface area contributed by atoms with Gasteiger partial charge in [-0.3, -0.25) is 9.59 Å². The van der Waals surface area contributed by atoms with Crippen LogP contribution in [0, 0.1) is 11.3 Å². The fraction of sp³-hybridized carbons (Fsp3) is 0.867. The van der Waals surface area contributed by atoms with Crippen LogP contribution < -0.4 is 5.32 Å². The van der Waals surface area contributed by atoms with Crippen LogP contribution in [0.15, 0.2) is 0 Å². The third kappa shape index (κ3) is 3.10. The van der Waals surface area contributed by atoms with Crippen LogP contribution in [0.4, 0.5) is 0 Å². The summed E-state index contributed by atoms with van der Waals surface area (Å²) in [5, 5.41) is 2.85. The van der Waals surface area contributed by atoms with Crippen molar-refractivity contribution in [1.82, 2.24) is 10.2 Å². The Hall–Kier alpha value is -1.06. The van der Waals surface area contributed by atoms with E-state index in [0.29, 0.717) is 0 Å². The van der Waals surface area contributed by atoms with Gasteiger partial charge in [-0.1, -0.05) is 40.0 Å². The van der Waals surface area contributed by atoms with Gasteiger partial charge in [0.05, 0.1) is 6.54 Å². The first-order chi connectivity index (χ1) is 8.95. The van der Waals surface area contributed by atoms with Crippen molar-refractivity contribution in [3.05, 3.63) is 0 Å². The summed E-state index contributed by atoms with van der Waals surface area (Å²) in [7, 11) is 0. The lowest BCUT2D eigenvalue weighted by Crippen LogP contribution is -2.61. The van der Waals surface area contributed by atoms with Gasteiger partial charge in [-0.15, -0.1) is 0 Å². The highest BCUT2D eigenvalue weighted by Gasteiger charge is 2.39. The number of carbonyl (C=O) groups is 2. The minimum absolute atomic E-state index is 0.00787. The molecule has 1 aliphatic carbocycles. The number of amides is 2. The maximum absolute atomic E-state index is 12.5. The molecule has 0 spiro atoms. The third-order valence-corrected chi connectivity index (χ3v) is 4.82. The Kier molecular flexibility index (Phi) is 4.16. The van der Waals surface area contributed by atoms with Crippen molar-refractivity contribution in [3.63, 3.8) is 0 Å². The van der Waals surface area contributed by atoms with E-state index in [-0.39, 0.29) is 35.7 Å². The van der Waals surface area contributed by atoms with E-state index in [4.69, 9.17) is 0 Å². The van der Waals surface area contributed by atoms with Crippen LogP contribution in [0.2, 0.25) is 0 Å². The fourth-order valence-electron chi connectivity index (χ4n) is 3.33. The van der Waals surface area contributed by atoms with Crippen molar-refractivity contribution in [2.45, 2.75) is 58.9 Å². The van der Waals surface area contributed by atoms with Gasteiger partial charge in [0, 0.05) is 6.54 Å². The fourth-order valence-corrected chi connectivity index (χ4v) is 3.33. The van der Waals surface area contributed by atoms with Crippen LogP contribution in [-0.2, 0) is 9.59 Å². The summed E-state index contributed by atoms with van der Waals surface area (Å²) in [5.74, 6) is 0.309. The zero-order valence-electron chi connectivity index (χ0n) is 12.4. The molecular weight excluding hydrogens is 240 g/mol. The summed E-state index contributed by atoms with van der Waals surface area (Å²) in [4.78, 5) is 26.1. The second-order valence-corrected chi connectivity index (χ2v) is 6.64. The van der Waals surface area contributed by atoms with E-state index in [1.807, 2.05) is 6.92 Å². The van der Waals surface area contributed by atoms with Gasteiger partial charge < -0.3 is 10.2 Å². The largest absolute Gasteiger partial charge is 0.342 e. The topological polar surface area (TPSA) is 49.4 Å². The minimum atomic E-state index is -0.323. The number of hydrogen-bond donors (Lipinski definition) is 1. The third-order valence-electron chi connectivity index (χ3n) is 4.82. The van der Waals surface area contributed by atoms with Gasteiger partial charge in [0.15, 0.2) is 0 Å². The first kappa shape index (κ1) is 14.4. The summed E-state index contributed by atoms with van der Waals surface area (Å²) in [5.41, 5.74) is 0.216. The molecule has 108 valence electrons. The smallest absolute Gasteiger partial charge is 0.245 e. The molecule has 0 aromatic heterocycles.